The predicted octanol–water partition coefficient (Wildman–Crippen LogP) is 2.47. The lowest BCUT2D eigenvalue weighted by atomic mass is 10.1. The van der Waals surface area contributed by atoms with Crippen molar-refractivity contribution >= 4 is 34.4 Å². The van der Waals surface area contributed by atoms with Crippen LogP contribution in [0.5, 0.6) is 5.88 Å². The number of halogens is 1. The van der Waals surface area contributed by atoms with Gasteiger partial charge in [0.25, 0.3) is 5.91 Å². The maximum Gasteiger partial charge on any atom is 0.410 e. The second-order valence-electron chi connectivity index (χ2n) is 10.7. The topological polar surface area (TPSA) is 137 Å². The highest BCUT2D eigenvalue weighted by Crippen LogP contribution is 2.57. The molecule has 5 rings (SSSR count). The number of piperazine rings is 1. The van der Waals surface area contributed by atoms with Gasteiger partial charge in [0.1, 0.15) is 12.2 Å². The van der Waals surface area contributed by atoms with Crippen LogP contribution in [0.15, 0.2) is 28.1 Å². The minimum absolute atomic E-state index is 0.154. The Hall–Kier alpha value is -3.54. The van der Waals surface area contributed by atoms with Crippen LogP contribution in [0.4, 0.5) is 15.0 Å². The second-order valence-corrected chi connectivity index (χ2v) is 13.0. The van der Waals surface area contributed by atoms with Crippen molar-refractivity contribution in [3.8, 4) is 5.88 Å². The molecule has 1 unspecified atom stereocenters. The third-order valence-corrected chi connectivity index (χ3v) is 9.53. The van der Waals surface area contributed by atoms with Crippen molar-refractivity contribution in [2.24, 2.45) is 11.5 Å². The van der Waals surface area contributed by atoms with Crippen LogP contribution >= 0.6 is 10.9 Å². The fraction of sp³-hybridized carbons (Fsp3) is 0.462. The summed E-state index contributed by atoms with van der Waals surface area (Å²) in [6.07, 6.45) is 0.0760. The number of rotatable bonds is 3. The smallest absolute Gasteiger partial charge is 0.410 e. The number of hydrogen-bond acceptors (Lipinski definition) is 8. The van der Waals surface area contributed by atoms with E-state index in [0.29, 0.717) is 54.6 Å². The molecule has 38 heavy (non-hydrogen) atoms. The largest absolute Gasteiger partial charge is 0.476 e. The van der Waals surface area contributed by atoms with Crippen LogP contribution in [-0.2, 0) is 16.0 Å². The van der Waals surface area contributed by atoms with E-state index in [4.69, 9.17) is 25.9 Å². The van der Waals surface area contributed by atoms with Gasteiger partial charge < -0.3 is 30.7 Å². The summed E-state index contributed by atoms with van der Waals surface area (Å²) >= 11 is 0. The van der Waals surface area contributed by atoms with Crippen LogP contribution in [0.1, 0.15) is 37.6 Å². The summed E-state index contributed by atoms with van der Waals surface area (Å²) < 4.78 is 26.8. The second kappa shape index (κ2) is 9.64. The summed E-state index contributed by atoms with van der Waals surface area (Å²) in [5.41, 5.74) is 14.0. The number of hydrogen-bond donors (Lipinski definition) is 3. The van der Waals surface area contributed by atoms with Crippen LogP contribution in [0, 0.1) is 12.7 Å². The van der Waals surface area contributed by atoms with E-state index < -0.39 is 28.2 Å². The fourth-order valence-electron chi connectivity index (χ4n) is 4.98. The highest BCUT2D eigenvalue weighted by molar-refractivity contribution is 8.22. The minimum atomic E-state index is -1.28. The number of thiol groups is 1. The zero-order valence-electron chi connectivity index (χ0n) is 22.0. The molecule has 1 fully saturated rings. The van der Waals surface area contributed by atoms with Gasteiger partial charge in [0, 0.05) is 48.2 Å². The van der Waals surface area contributed by atoms with Crippen LogP contribution < -0.4 is 21.1 Å². The lowest BCUT2D eigenvalue weighted by Crippen LogP contribution is -2.50. The van der Waals surface area contributed by atoms with E-state index in [0.717, 1.165) is 16.3 Å². The van der Waals surface area contributed by atoms with E-state index in [1.807, 2.05) is 44.7 Å². The maximum absolute atomic E-state index is 15.3. The Labute approximate surface area is 223 Å². The number of carbonyl (C=O) groups is 2. The lowest BCUT2D eigenvalue weighted by molar-refractivity contribution is -0.113. The molecule has 1 saturated heterocycles. The highest BCUT2D eigenvalue weighted by Gasteiger charge is 2.40. The number of ether oxygens (including phenoxy) is 2. The first kappa shape index (κ1) is 26.1. The molecule has 0 spiro atoms. The Kier molecular flexibility index (Phi) is 6.62. The standard InChI is InChI=1S/C26H33FN6O4S/c1-14-5-6-17-19(28)20(21(29)34)38(24(17)30-14)16-11-15-12-18(27)22(31-23(15)36-13-16)32-7-9-33(10-8-32)25(35)37-26(2,3)4/h5-6,12,16,38H,7-11,13,28H2,1-4H3,(H2,29,34)/t16-/m1/s1. The lowest BCUT2D eigenvalue weighted by Gasteiger charge is -2.37. The van der Waals surface area contributed by atoms with Crippen LogP contribution in [-0.4, -0.2) is 70.5 Å². The Bertz CT molecular complexity index is 1340. The number of carbonyl (C=O) groups excluding carboxylic acids is 2. The molecule has 5 heterocycles. The third-order valence-electron chi connectivity index (χ3n) is 6.72. The van der Waals surface area contributed by atoms with E-state index in [1.165, 1.54) is 6.07 Å². The van der Waals surface area contributed by atoms with Gasteiger partial charge in [-0.25, -0.2) is 14.2 Å². The number of nitrogens with zero attached hydrogens (tertiary/aromatic N) is 4. The summed E-state index contributed by atoms with van der Waals surface area (Å²) in [4.78, 5) is 37.8. The third kappa shape index (κ3) is 4.84. The zero-order chi connectivity index (χ0) is 27.4. The first-order valence-electron chi connectivity index (χ1n) is 12.5. The van der Waals surface area contributed by atoms with Crippen molar-refractivity contribution in [3.63, 3.8) is 0 Å². The molecule has 2 amide bonds. The summed E-state index contributed by atoms with van der Waals surface area (Å²) in [7, 11) is -1.28. The first-order valence-corrected chi connectivity index (χ1v) is 14.0. The van der Waals surface area contributed by atoms with Crippen molar-refractivity contribution in [2.75, 3.05) is 37.7 Å². The van der Waals surface area contributed by atoms with Gasteiger partial charge in [-0.3, -0.25) is 4.79 Å². The normalized spacial score (nSPS) is 22.0. The number of fused-ring (bicyclic) bond motifs is 2. The molecule has 4 N–H and O–H groups in total. The molecular formula is C26H33FN6O4S. The van der Waals surface area contributed by atoms with E-state index in [-0.39, 0.29) is 23.8 Å². The number of primary amides is 1. The van der Waals surface area contributed by atoms with Gasteiger partial charge in [-0.05, 0) is 52.3 Å². The molecule has 10 nitrogen and oxygen atoms in total. The summed E-state index contributed by atoms with van der Waals surface area (Å²) in [6.45, 7) is 9.27. The number of anilines is 1. The molecule has 3 aliphatic rings. The fourth-order valence-corrected chi connectivity index (χ4v) is 7.84. The van der Waals surface area contributed by atoms with E-state index >= 15 is 4.39 Å². The highest BCUT2D eigenvalue weighted by atomic mass is 32.2. The van der Waals surface area contributed by atoms with Crippen molar-refractivity contribution < 1.29 is 23.5 Å². The van der Waals surface area contributed by atoms with Gasteiger partial charge in [-0.2, -0.15) is 15.9 Å². The van der Waals surface area contributed by atoms with Crippen LogP contribution in [0.2, 0.25) is 0 Å². The SMILES string of the molecule is Cc1ccc2c(n1)[SH]([C@H]1COc3nc(N4CCN(C(=O)OC(C)(C)C)CC4)c(F)cc3C1)C(C(N)=O)=C2N. The van der Waals surface area contributed by atoms with Gasteiger partial charge in [0.15, 0.2) is 11.6 Å². The van der Waals surface area contributed by atoms with Crippen molar-refractivity contribution in [1.82, 2.24) is 14.9 Å². The molecule has 0 aliphatic carbocycles. The Morgan fingerprint density at radius 3 is 2.55 bits per heavy atom. The molecule has 2 aromatic rings. The number of aromatic nitrogens is 2. The van der Waals surface area contributed by atoms with Gasteiger partial charge in [-0.15, -0.1) is 0 Å². The first-order chi connectivity index (χ1) is 17.9. The van der Waals surface area contributed by atoms with Crippen LogP contribution in [0.25, 0.3) is 5.70 Å². The van der Waals surface area contributed by atoms with Crippen molar-refractivity contribution in [1.29, 1.82) is 0 Å². The molecule has 2 aromatic heterocycles. The molecule has 12 heteroatoms. The average Bonchev–Trinajstić information content (AvgIpc) is 3.14. The number of pyridine rings is 2. The Morgan fingerprint density at radius 2 is 1.89 bits per heavy atom. The van der Waals surface area contributed by atoms with Gasteiger partial charge >= 0.3 is 6.09 Å². The quantitative estimate of drug-likeness (QED) is 0.502. The molecular weight excluding hydrogens is 511 g/mol. The van der Waals surface area contributed by atoms with E-state index in [1.54, 1.807) is 4.90 Å². The molecule has 3 aliphatic heterocycles. The van der Waals surface area contributed by atoms with Crippen molar-refractivity contribution in [3.05, 3.63) is 45.7 Å². The van der Waals surface area contributed by atoms with E-state index in [9.17, 15) is 9.59 Å². The maximum atomic E-state index is 15.3. The Balaban J connectivity index is 1.34. The summed E-state index contributed by atoms with van der Waals surface area (Å²) in [5.74, 6) is -0.462. The van der Waals surface area contributed by atoms with Crippen molar-refractivity contribution in [2.45, 2.75) is 50.0 Å². The minimum Gasteiger partial charge on any atom is -0.476 e. The molecule has 2 atom stereocenters. The number of nitrogens with two attached hydrogens (primary N) is 2. The molecule has 0 aromatic carbocycles. The molecule has 204 valence electrons. The number of aryl methyl sites for hydroxylation is 1. The number of amides is 2. The molecule has 0 radical (unpaired) electrons. The summed E-state index contributed by atoms with van der Waals surface area (Å²) in [6, 6.07) is 5.17. The van der Waals surface area contributed by atoms with Gasteiger partial charge in [-0.1, -0.05) is 0 Å². The monoisotopic (exact) mass is 544 g/mol. The average molecular weight is 545 g/mol. The van der Waals surface area contributed by atoms with Gasteiger partial charge in [0.2, 0.25) is 5.88 Å². The Morgan fingerprint density at radius 1 is 1.18 bits per heavy atom. The van der Waals surface area contributed by atoms with E-state index in [2.05, 4.69) is 4.98 Å². The van der Waals surface area contributed by atoms with Gasteiger partial charge in [0.05, 0.1) is 15.6 Å². The zero-order valence-corrected chi connectivity index (χ0v) is 22.8. The molecule has 0 saturated carbocycles. The molecule has 0 bridgehead atoms. The predicted molar refractivity (Wildman–Crippen MR) is 144 cm³/mol. The summed E-state index contributed by atoms with van der Waals surface area (Å²) in [5, 5.41) is 0.606. The van der Waals surface area contributed by atoms with Crippen LogP contribution in [0.3, 0.4) is 0 Å².